The van der Waals surface area contributed by atoms with Crippen LogP contribution < -0.4 is 10.6 Å². The van der Waals surface area contributed by atoms with E-state index in [1.54, 1.807) is 35.9 Å². The number of urea groups is 1. The molecule has 3 aromatic rings. The third kappa shape index (κ3) is 5.98. The van der Waals surface area contributed by atoms with Crippen molar-refractivity contribution >= 4 is 23.4 Å². The van der Waals surface area contributed by atoms with Crippen LogP contribution >= 0.6 is 0 Å². The zero-order valence-corrected chi connectivity index (χ0v) is 19.3. The van der Waals surface area contributed by atoms with Gasteiger partial charge in [-0.25, -0.2) is 9.48 Å². The molecule has 33 heavy (non-hydrogen) atoms. The van der Waals surface area contributed by atoms with E-state index >= 15 is 0 Å². The summed E-state index contributed by atoms with van der Waals surface area (Å²) in [6.07, 6.45) is 0. The molecule has 1 aromatic heterocycles. The second-order valence-corrected chi connectivity index (χ2v) is 8.60. The number of nitriles is 1. The Morgan fingerprint density at radius 3 is 2.42 bits per heavy atom. The summed E-state index contributed by atoms with van der Waals surface area (Å²) in [6.45, 7) is 8.17. The van der Waals surface area contributed by atoms with Crippen LogP contribution in [0.1, 0.15) is 39.0 Å². The highest BCUT2D eigenvalue weighted by Crippen LogP contribution is 2.26. The number of benzene rings is 2. The van der Waals surface area contributed by atoms with Crippen molar-refractivity contribution in [1.29, 1.82) is 5.26 Å². The first kappa shape index (κ1) is 23.5. The number of aromatic nitrogens is 2. The summed E-state index contributed by atoms with van der Waals surface area (Å²) in [7, 11) is 0. The van der Waals surface area contributed by atoms with Crippen LogP contribution in [-0.2, 0) is 10.2 Å². The van der Waals surface area contributed by atoms with Gasteiger partial charge in [0.05, 0.1) is 23.0 Å². The smallest absolute Gasteiger partial charge is 0.315 e. The van der Waals surface area contributed by atoms with Crippen LogP contribution in [0.5, 0.6) is 0 Å². The van der Waals surface area contributed by atoms with Gasteiger partial charge in [-0.2, -0.15) is 10.4 Å². The molecule has 0 saturated heterocycles. The molecule has 170 valence electrons. The lowest BCUT2D eigenvalue weighted by Gasteiger charge is -2.21. The molecule has 3 rings (SSSR count). The van der Waals surface area contributed by atoms with Gasteiger partial charge in [0.25, 0.3) is 0 Å². The maximum absolute atomic E-state index is 12.9. The number of carbonyl (C=O) groups excluding carboxylic acids is 2. The summed E-state index contributed by atoms with van der Waals surface area (Å²) in [4.78, 5) is 26.9. The first-order valence-corrected chi connectivity index (χ1v) is 10.7. The van der Waals surface area contributed by atoms with Crippen molar-refractivity contribution in [2.45, 2.75) is 33.1 Å². The Balaban J connectivity index is 1.75. The molecule has 8 heteroatoms. The van der Waals surface area contributed by atoms with Crippen LogP contribution in [0, 0.1) is 11.3 Å². The molecule has 0 unspecified atom stereocenters. The molecular formula is C25H28N6O2. The van der Waals surface area contributed by atoms with E-state index in [1.165, 1.54) is 4.90 Å². The fourth-order valence-corrected chi connectivity index (χ4v) is 3.15. The lowest BCUT2D eigenvalue weighted by molar-refractivity contribution is -0.116. The van der Waals surface area contributed by atoms with E-state index in [2.05, 4.69) is 31.4 Å². The molecule has 1 heterocycles. The van der Waals surface area contributed by atoms with Gasteiger partial charge in [-0.15, -0.1) is 0 Å². The topological polar surface area (TPSA) is 103 Å². The van der Waals surface area contributed by atoms with Gasteiger partial charge in [0.15, 0.2) is 0 Å². The zero-order chi connectivity index (χ0) is 24.0. The number of hydrogen-bond donors (Lipinski definition) is 2. The van der Waals surface area contributed by atoms with Crippen molar-refractivity contribution < 1.29 is 9.59 Å². The Morgan fingerprint density at radius 1 is 1.06 bits per heavy atom. The highest BCUT2D eigenvalue weighted by atomic mass is 16.2. The maximum atomic E-state index is 12.9. The molecule has 8 nitrogen and oxygen atoms in total. The minimum absolute atomic E-state index is 0.134. The molecule has 0 atom stereocenters. The lowest BCUT2D eigenvalue weighted by atomic mass is 9.92. The normalized spacial score (nSPS) is 10.9. The summed E-state index contributed by atoms with van der Waals surface area (Å²) in [6, 6.07) is 19.6. The summed E-state index contributed by atoms with van der Waals surface area (Å²) >= 11 is 0. The highest BCUT2D eigenvalue weighted by molar-refractivity contribution is 5.96. The van der Waals surface area contributed by atoms with Crippen LogP contribution in [-0.4, -0.2) is 39.7 Å². The Hall–Kier alpha value is -4.12. The van der Waals surface area contributed by atoms with Gasteiger partial charge < -0.3 is 15.5 Å². The van der Waals surface area contributed by atoms with Crippen LogP contribution in [0.25, 0.3) is 5.69 Å². The van der Waals surface area contributed by atoms with E-state index in [9.17, 15) is 9.59 Å². The van der Waals surface area contributed by atoms with E-state index in [4.69, 9.17) is 10.4 Å². The molecule has 0 saturated carbocycles. The number of likely N-dealkylation sites (N-methyl/N-ethyl adjacent to an activating group) is 1. The summed E-state index contributed by atoms with van der Waals surface area (Å²) in [5.41, 5.74) is 2.40. The number of carbonyl (C=O) groups is 2. The number of anilines is 2. The fourth-order valence-electron chi connectivity index (χ4n) is 3.15. The number of amides is 3. The van der Waals surface area contributed by atoms with Crippen molar-refractivity contribution in [2.24, 2.45) is 0 Å². The second kappa shape index (κ2) is 10.0. The summed E-state index contributed by atoms with van der Waals surface area (Å²) < 4.78 is 1.70. The van der Waals surface area contributed by atoms with Crippen LogP contribution in [0.4, 0.5) is 16.3 Å². The molecule has 2 N–H and O–H groups in total. The predicted octanol–water partition coefficient (Wildman–Crippen LogP) is 4.53. The van der Waals surface area contributed by atoms with E-state index in [-0.39, 0.29) is 17.9 Å². The van der Waals surface area contributed by atoms with E-state index in [0.717, 1.165) is 11.4 Å². The van der Waals surface area contributed by atoms with Crippen molar-refractivity contribution in [3.8, 4) is 11.8 Å². The minimum atomic E-state index is -0.422. The molecule has 0 spiro atoms. The molecular weight excluding hydrogens is 416 g/mol. The van der Waals surface area contributed by atoms with Crippen molar-refractivity contribution in [1.82, 2.24) is 14.7 Å². The molecule has 0 radical (unpaired) electrons. The Kier molecular flexibility index (Phi) is 7.13. The predicted molar refractivity (Wildman–Crippen MR) is 128 cm³/mol. The molecule has 0 aliphatic carbocycles. The zero-order valence-electron chi connectivity index (χ0n) is 19.3. The molecule has 3 amide bonds. The number of nitrogens with one attached hydrogen (secondary N) is 2. The highest BCUT2D eigenvalue weighted by Gasteiger charge is 2.22. The monoisotopic (exact) mass is 444 g/mol. The summed E-state index contributed by atoms with van der Waals surface area (Å²) in [5.74, 6) is 0.199. The third-order valence-electron chi connectivity index (χ3n) is 4.99. The SMILES string of the molecule is CCN(CC(=O)Nc1cc(C(C)(C)C)nn1-c1ccccc1)C(=O)Nc1cccc(C#N)c1. The quantitative estimate of drug-likeness (QED) is 0.583. The number of nitrogens with zero attached hydrogens (tertiary/aromatic N) is 4. The maximum Gasteiger partial charge on any atom is 0.322 e. The van der Waals surface area contributed by atoms with Gasteiger partial charge >= 0.3 is 6.03 Å². The van der Waals surface area contributed by atoms with E-state index < -0.39 is 6.03 Å². The first-order valence-electron chi connectivity index (χ1n) is 10.7. The van der Waals surface area contributed by atoms with Crippen molar-refractivity contribution in [3.63, 3.8) is 0 Å². The van der Waals surface area contributed by atoms with Gasteiger partial charge in [0.2, 0.25) is 5.91 Å². The van der Waals surface area contributed by atoms with Gasteiger partial charge in [-0.3, -0.25) is 4.79 Å². The fraction of sp³-hybridized carbons (Fsp3) is 0.280. The van der Waals surface area contributed by atoms with E-state index in [1.807, 2.05) is 42.5 Å². The Bertz CT molecular complexity index is 1170. The van der Waals surface area contributed by atoms with Crippen molar-refractivity contribution in [2.75, 3.05) is 23.7 Å². The van der Waals surface area contributed by atoms with Crippen molar-refractivity contribution in [3.05, 3.63) is 71.9 Å². The number of para-hydroxylation sites is 1. The van der Waals surface area contributed by atoms with Crippen LogP contribution in [0.15, 0.2) is 60.7 Å². The van der Waals surface area contributed by atoms with Gasteiger partial charge in [0.1, 0.15) is 12.4 Å². The summed E-state index contributed by atoms with van der Waals surface area (Å²) in [5, 5.41) is 19.4. The Labute approximate surface area is 193 Å². The third-order valence-corrected chi connectivity index (χ3v) is 4.99. The molecule has 2 aromatic carbocycles. The first-order chi connectivity index (χ1) is 15.7. The Morgan fingerprint density at radius 2 is 1.79 bits per heavy atom. The molecule has 0 bridgehead atoms. The standard InChI is InChI=1S/C25H28N6O2/c1-5-30(24(33)27-19-11-9-10-18(14-19)16-26)17-23(32)28-22-15-21(25(2,3)4)29-31(22)20-12-7-6-8-13-20/h6-15H,5,17H2,1-4H3,(H,27,33)(H,28,32). The average Bonchev–Trinajstić information content (AvgIpc) is 3.22. The lowest BCUT2D eigenvalue weighted by Crippen LogP contribution is -2.40. The molecule has 0 fully saturated rings. The number of hydrogen-bond acceptors (Lipinski definition) is 4. The minimum Gasteiger partial charge on any atom is -0.315 e. The average molecular weight is 445 g/mol. The van der Waals surface area contributed by atoms with Crippen LogP contribution in [0.3, 0.4) is 0 Å². The number of rotatable bonds is 6. The van der Waals surface area contributed by atoms with Gasteiger partial charge in [-0.05, 0) is 37.3 Å². The molecule has 0 aliphatic heterocycles. The van der Waals surface area contributed by atoms with E-state index in [0.29, 0.717) is 23.6 Å². The van der Waals surface area contributed by atoms with Crippen LogP contribution in [0.2, 0.25) is 0 Å². The van der Waals surface area contributed by atoms with Gasteiger partial charge in [-0.1, -0.05) is 45.0 Å². The second-order valence-electron chi connectivity index (χ2n) is 8.60. The largest absolute Gasteiger partial charge is 0.322 e. The molecule has 0 aliphatic rings. The van der Waals surface area contributed by atoms with Gasteiger partial charge in [0, 0.05) is 23.7 Å².